The molecule has 170 valence electrons. The predicted octanol–water partition coefficient (Wildman–Crippen LogP) is 4.22. The Bertz CT molecular complexity index is 1060. The second kappa shape index (κ2) is 10.4. The van der Waals surface area contributed by atoms with E-state index < -0.39 is 0 Å². The van der Waals surface area contributed by atoms with Crippen LogP contribution in [0, 0.1) is 13.8 Å². The molecule has 1 aliphatic rings. The molecule has 4 rings (SSSR count). The molecule has 0 saturated carbocycles. The number of morpholine rings is 1. The standard InChI is InChI=1S/C25H31N3O3S/c1-18-5-10-22-24(19(18)2)26-25(32-22)28(12-4-11-27-13-15-31-16-14-27)23(29)17-20-6-8-21(30-3)9-7-20/h5-10H,4,11-17H2,1-3H3. The molecule has 0 radical (unpaired) electrons. The van der Waals surface area contributed by atoms with Crippen molar-refractivity contribution >= 4 is 32.6 Å². The van der Waals surface area contributed by atoms with Gasteiger partial charge in [-0.15, -0.1) is 0 Å². The van der Waals surface area contributed by atoms with E-state index >= 15 is 0 Å². The molecule has 0 N–H and O–H groups in total. The summed E-state index contributed by atoms with van der Waals surface area (Å²) in [7, 11) is 1.65. The van der Waals surface area contributed by atoms with Crippen molar-refractivity contribution in [3.05, 3.63) is 53.1 Å². The van der Waals surface area contributed by atoms with Crippen LogP contribution in [0.15, 0.2) is 36.4 Å². The van der Waals surface area contributed by atoms with Gasteiger partial charge in [-0.2, -0.15) is 0 Å². The summed E-state index contributed by atoms with van der Waals surface area (Å²) in [5.74, 6) is 0.867. The van der Waals surface area contributed by atoms with E-state index in [0.29, 0.717) is 13.0 Å². The number of aryl methyl sites for hydroxylation is 2. The van der Waals surface area contributed by atoms with E-state index in [9.17, 15) is 4.79 Å². The number of hydrogen-bond acceptors (Lipinski definition) is 6. The van der Waals surface area contributed by atoms with E-state index in [1.54, 1.807) is 18.4 Å². The van der Waals surface area contributed by atoms with Crippen molar-refractivity contribution in [2.45, 2.75) is 26.7 Å². The number of carbonyl (C=O) groups excluding carboxylic acids is 1. The lowest BCUT2D eigenvalue weighted by Gasteiger charge is -2.27. The van der Waals surface area contributed by atoms with Crippen molar-refractivity contribution in [1.82, 2.24) is 9.88 Å². The average molecular weight is 454 g/mol. The third-order valence-corrected chi connectivity index (χ3v) is 7.12. The number of anilines is 1. The highest BCUT2D eigenvalue weighted by atomic mass is 32.1. The van der Waals surface area contributed by atoms with Gasteiger partial charge in [-0.3, -0.25) is 14.6 Å². The normalized spacial score (nSPS) is 14.6. The van der Waals surface area contributed by atoms with E-state index in [0.717, 1.165) is 65.9 Å². The minimum Gasteiger partial charge on any atom is -0.497 e. The van der Waals surface area contributed by atoms with Crippen molar-refractivity contribution < 1.29 is 14.3 Å². The van der Waals surface area contributed by atoms with E-state index in [2.05, 4.69) is 30.9 Å². The Labute approximate surface area is 193 Å². The summed E-state index contributed by atoms with van der Waals surface area (Å²) >= 11 is 1.60. The Morgan fingerprint density at radius 3 is 2.62 bits per heavy atom. The molecule has 32 heavy (non-hydrogen) atoms. The Kier molecular flexibility index (Phi) is 7.40. The number of nitrogens with zero attached hydrogens (tertiary/aromatic N) is 3. The summed E-state index contributed by atoms with van der Waals surface area (Å²) in [5, 5.41) is 0.786. The second-order valence-corrected chi connectivity index (χ2v) is 9.24. The number of amides is 1. The molecule has 0 bridgehead atoms. The maximum absolute atomic E-state index is 13.4. The lowest BCUT2D eigenvalue weighted by Crippen LogP contribution is -2.39. The highest BCUT2D eigenvalue weighted by Crippen LogP contribution is 2.32. The molecule has 1 aromatic heterocycles. The number of ether oxygens (including phenoxy) is 2. The van der Waals surface area contributed by atoms with Crippen LogP contribution in [0.2, 0.25) is 0 Å². The van der Waals surface area contributed by atoms with E-state index in [1.165, 1.54) is 11.1 Å². The zero-order chi connectivity index (χ0) is 22.5. The van der Waals surface area contributed by atoms with Gasteiger partial charge >= 0.3 is 0 Å². The zero-order valence-corrected chi connectivity index (χ0v) is 19.9. The smallest absolute Gasteiger partial charge is 0.233 e. The van der Waals surface area contributed by atoms with E-state index in [1.807, 2.05) is 29.2 Å². The second-order valence-electron chi connectivity index (χ2n) is 8.23. The first-order valence-corrected chi connectivity index (χ1v) is 12.0. The summed E-state index contributed by atoms with van der Waals surface area (Å²) in [6.45, 7) is 9.31. The number of rotatable bonds is 8. The number of fused-ring (bicyclic) bond motifs is 1. The Hall–Kier alpha value is -2.48. The van der Waals surface area contributed by atoms with E-state index in [4.69, 9.17) is 14.5 Å². The molecule has 1 saturated heterocycles. The fourth-order valence-electron chi connectivity index (χ4n) is 3.95. The topological polar surface area (TPSA) is 54.9 Å². The van der Waals surface area contributed by atoms with Gasteiger partial charge in [-0.1, -0.05) is 29.5 Å². The first-order chi connectivity index (χ1) is 15.5. The fraction of sp³-hybridized carbons (Fsp3) is 0.440. The number of methoxy groups -OCH3 is 1. The number of carbonyl (C=O) groups is 1. The van der Waals surface area contributed by atoms with Crippen molar-refractivity contribution in [1.29, 1.82) is 0 Å². The number of hydrogen-bond donors (Lipinski definition) is 0. The number of thiazole rings is 1. The summed E-state index contributed by atoms with van der Waals surface area (Å²) in [6, 6.07) is 11.9. The SMILES string of the molecule is COc1ccc(CC(=O)N(CCCN2CCOCC2)c2nc3c(C)c(C)ccc3s2)cc1. The third-order valence-electron chi connectivity index (χ3n) is 6.08. The Balaban J connectivity index is 1.53. The number of benzene rings is 2. The van der Waals surface area contributed by atoms with Crippen LogP contribution in [0.5, 0.6) is 5.75 Å². The minimum absolute atomic E-state index is 0.0746. The molecule has 6 nitrogen and oxygen atoms in total. The van der Waals surface area contributed by atoms with Gasteiger partial charge in [0.15, 0.2) is 5.13 Å². The first-order valence-electron chi connectivity index (χ1n) is 11.2. The van der Waals surface area contributed by atoms with Crippen molar-refractivity contribution in [3.8, 4) is 5.75 Å². The quantitative estimate of drug-likeness (QED) is 0.511. The van der Waals surface area contributed by atoms with Crippen molar-refractivity contribution in [3.63, 3.8) is 0 Å². The van der Waals surface area contributed by atoms with Crippen LogP contribution in [0.4, 0.5) is 5.13 Å². The van der Waals surface area contributed by atoms with Gasteiger partial charge in [-0.25, -0.2) is 4.98 Å². The molecule has 0 unspecified atom stereocenters. The third kappa shape index (κ3) is 5.28. The van der Waals surface area contributed by atoms with Crippen LogP contribution in [-0.2, 0) is 16.0 Å². The fourth-order valence-corrected chi connectivity index (χ4v) is 5.02. The molecule has 1 amide bonds. The summed E-state index contributed by atoms with van der Waals surface area (Å²) in [4.78, 5) is 22.6. The van der Waals surface area contributed by atoms with Gasteiger partial charge in [0.25, 0.3) is 0 Å². The van der Waals surface area contributed by atoms with Gasteiger partial charge < -0.3 is 9.47 Å². The molecule has 1 aliphatic heterocycles. The monoisotopic (exact) mass is 453 g/mol. The van der Waals surface area contributed by atoms with Gasteiger partial charge in [-0.05, 0) is 55.2 Å². The van der Waals surface area contributed by atoms with Crippen LogP contribution in [0.3, 0.4) is 0 Å². The summed E-state index contributed by atoms with van der Waals surface area (Å²) < 4.78 is 11.8. The molecule has 2 heterocycles. The molecule has 7 heteroatoms. The highest BCUT2D eigenvalue weighted by Gasteiger charge is 2.21. The number of aromatic nitrogens is 1. The van der Waals surface area contributed by atoms with Crippen LogP contribution in [0.25, 0.3) is 10.2 Å². The van der Waals surface area contributed by atoms with Crippen LogP contribution < -0.4 is 9.64 Å². The average Bonchev–Trinajstić information content (AvgIpc) is 3.25. The molecule has 3 aromatic rings. The zero-order valence-electron chi connectivity index (χ0n) is 19.1. The van der Waals surface area contributed by atoms with Gasteiger partial charge in [0.05, 0.1) is 37.0 Å². The Morgan fingerprint density at radius 2 is 1.91 bits per heavy atom. The largest absolute Gasteiger partial charge is 0.497 e. The molecule has 0 aliphatic carbocycles. The van der Waals surface area contributed by atoms with Crippen LogP contribution in [-0.4, -0.2) is 62.3 Å². The maximum atomic E-state index is 13.4. The molecular weight excluding hydrogens is 422 g/mol. The molecule has 0 atom stereocenters. The maximum Gasteiger partial charge on any atom is 0.233 e. The van der Waals surface area contributed by atoms with Gasteiger partial charge in [0.1, 0.15) is 5.75 Å². The van der Waals surface area contributed by atoms with Gasteiger partial charge in [0, 0.05) is 26.2 Å². The van der Waals surface area contributed by atoms with Crippen LogP contribution >= 0.6 is 11.3 Å². The van der Waals surface area contributed by atoms with Gasteiger partial charge in [0.2, 0.25) is 5.91 Å². The van der Waals surface area contributed by atoms with Crippen molar-refractivity contribution in [2.24, 2.45) is 0 Å². The summed E-state index contributed by atoms with van der Waals surface area (Å²) in [6.07, 6.45) is 1.25. The van der Waals surface area contributed by atoms with E-state index in [-0.39, 0.29) is 5.91 Å². The molecule has 2 aromatic carbocycles. The molecular formula is C25H31N3O3S. The highest BCUT2D eigenvalue weighted by molar-refractivity contribution is 7.22. The van der Waals surface area contributed by atoms with Crippen molar-refractivity contribution in [2.75, 3.05) is 51.4 Å². The first kappa shape index (κ1) is 22.7. The molecule has 0 spiro atoms. The summed E-state index contributed by atoms with van der Waals surface area (Å²) in [5.41, 5.74) is 4.38. The Morgan fingerprint density at radius 1 is 1.16 bits per heavy atom. The predicted molar refractivity (Wildman–Crippen MR) is 130 cm³/mol. The molecule has 1 fully saturated rings. The lowest BCUT2D eigenvalue weighted by molar-refractivity contribution is -0.118. The lowest BCUT2D eigenvalue weighted by atomic mass is 10.1. The minimum atomic E-state index is 0.0746. The van der Waals surface area contributed by atoms with Crippen LogP contribution in [0.1, 0.15) is 23.1 Å².